The molecule has 0 atom stereocenters. The minimum absolute atomic E-state index is 0.607. The summed E-state index contributed by atoms with van der Waals surface area (Å²) in [6, 6.07) is 6.00. The molecule has 1 fully saturated rings. The number of morpholine rings is 1. The Morgan fingerprint density at radius 2 is 2.06 bits per heavy atom. The van der Waals surface area contributed by atoms with E-state index in [1.165, 1.54) is 0 Å². The van der Waals surface area contributed by atoms with Crippen LogP contribution in [0.3, 0.4) is 0 Å². The highest BCUT2D eigenvalue weighted by atomic mass is 79.9. The maximum atomic E-state index is 10.8. The number of H-pyrrole nitrogens is 1. The zero-order valence-corrected chi connectivity index (χ0v) is 11.4. The molecule has 1 aromatic carbocycles. The van der Waals surface area contributed by atoms with Gasteiger partial charge >= 0.3 is 0 Å². The molecule has 94 valence electrons. The molecule has 2 aromatic rings. The number of carbonyl (C=O) groups excluding carboxylic acids is 1. The number of hydrogen-bond donors (Lipinski definition) is 1. The molecular weight excluding hydrogens is 296 g/mol. The molecule has 0 spiro atoms. The first-order chi connectivity index (χ1) is 8.78. The number of carbonyl (C=O) groups is 1. The number of aromatic nitrogens is 1. The Hall–Kier alpha value is -1.33. The Labute approximate surface area is 113 Å². The predicted molar refractivity (Wildman–Crippen MR) is 74.4 cm³/mol. The van der Waals surface area contributed by atoms with E-state index < -0.39 is 0 Å². The maximum absolute atomic E-state index is 10.8. The lowest BCUT2D eigenvalue weighted by atomic mass is 10.2. The second kappa shape index (κ2) is 4.74. The molecule has 5 heteroatoms. The highest BCUT2D eigenvalue weighted by Gasteiger charge is 2.15. The van der Waals surface area contributed by atoms with Crippen LogP contribution in [0.25, 0.3) is 10.9 Å². The fourth-order valence-corrected chi connectivity index (χ4v) is 2.87. The molecule has 0 bridgehead atoms. The van der Waals surface area contributed by atoms with Gasteiger partial charge < -0.3 is 14.6 Å². The fourth-order valence-electron chi connectivity index (χ4n) is 2.27. The van der Waals surface area contributed by atoms with E-state index in [1.807, 2.05) is 12.1 Å². The van der Waals surface area contributed by atoms with Gasteiger partial charge in [0.25, 0.3) is 0 Å². The average Bonchev–Trinajstić information content (AvgIpc) is 2.80. The number of fused-ring (bicyclic) bond motifs is 1. The van der Waals surface area contributed by atoms with Crippen LogP contribution in [0, 0.1) is 0 Å². The second-order valence-corrected chi connectivity index (χ2v) is 5.19. The summed E-state index contributed by atoms with van der Waals surface area (Å²) in [6.45, 7) is 3.32. The van der Waals surface area contributed by atoms with E-state index in [2.05, 4.69) is 31.9 Å². The zero-order chi connectivity index (χ0) is 12.5. The third-order valence-electron chi connectivity index (χ3n) is 3.19. The minimum Gasteiger partial charge on any atom is -0.378 e. The molecule has 0 radical (unpaired) electrons. The van der Waals surface area contributed by atoms with Gasteiger partial charge in [-0.2, -0.15) is 0 Å². The van der Waals surface area contributed by atoms with Crippen molar-refractivity contribution in [3.63, 3.8) is 0 Å². The monoisotopic (exact) mass is 308 g/mol. The van der Waals surface area contributed by atoms with E-state index >= 15 is 0 Å². The van der Waals surface area contributed by atoms with E-state index in [9.17, 15) is 4.79 Å². The van der Waals surface area contributed by atoms with E-state index in [0.29, 0.717) is 5.69 Å². The largest absolute Gasteiger partial charge is 0.378 e. The molecule has 18 heavy (non-hydrogen) atoms. The third kappa shape index (κ3) is 2.04. The van der Waals surface area contributed by atoms with Crippen molar-refractivity contribution >= 4 is 38.8 Å². The molecule has 1 aromatic heterocycles. The topological polar surface area (TPSA) is 45.3 Å². The first-order valence-electron chi connectivity index (χ1n) is 5.88. The van der Waals surface area contributed by atoms with E-state index in [1.54, 1.807) is 0 Å². The highest BCUT2D eigenvalue weighted by Crippen LogP contribution is 2.31. The molecule has 1 N–H and O–H groups in total. The number of benzene rings is 1. The van der Waals surface area contributed by atoms with Gasteiger partial charge in [0.05, 0.1) is 24.6 Å². The molecule has 3 rings (SSSR count). The first-order valence-corrected chi connectivity index (χ1v) is 6.67. The van der Waals surface area contributed by atoms with Crippen molar-refractivity contribution in [3.8, 4) is 0 Å². The van der Waals surface area contributed by atoms with Gasteiger partial charge in [-0.05, 0) is 34.1 Å². The normalized spacial score (nSPS) is 16.2. The molecule has 2 heterocycles. The molecule has 0 amide bonds. The number of ether oxygens (including phenoxy) is 1. The van der Waals surface area contributed by atoms with Crippen LogP contribution in [0.15, 0.2) is 22.7 Å². The Kier molecular flexibility index (Phi) is 3.09. The standard InChI is InChI=1S/C13H13BrN2O2/c14-11-7-12-9(5-10(8-17)15-12)6-13(11)16-1-3-18-4-2-16/h5-8,15H,1-4H2. The van der Waals surface area contributed by atoms with Crippen LogP contribution in [0.5, 0.6) is 0 Å². The summed E-state index contributed by atoms with van der Waals surface area (Å²) in [5.41, 5.74) is 2.74. The van der Waals surface area contributed by atoms with Crippen LogP contribution in [0.1, 0.15) is 10.5 Å². The van der Waals surface area contributed by atoms with Gasteiger partial charge in [-0.15, -0.1) is 0 Å². The van der Waals surface area contributed by atoms with Crippen molar-refractivity contribution in [2.45, 2.75) is 0 Å². The molecule has 4 nitrogen and oxygen atoms in total. The van der Waals surface area contributed by atoms with Gasteiger partial charge in [-0.1, -0.05) is 0 Å². The third-order valence-corrected chi connectivity index (χ3v) is 3.82. The molecule has 1 aliphatic heterocycles. The first kappa shape index (κ1) is 11.7. The van der Waals surface area contributed by atoms with E-state index in [4.69, 9.17) is 4.74 Å². The Morgan fingerprint density at radius 1 is 1.28 bits per heavy atom. The molecular formula is C13H13BrN2O2. The van der Waals surface area contributed by atoms with Crippen LogP contribution >= 0.6 is 15.9 Å². The lowest BCUT2D eigenvalue weighted by Gasteiger charge is -2.29. The second-order valence-electron chi connectivity index (χ2n) is 4.33. The maximum Gasteiger partial charge on any atom is 0.166 e. The van der Waals surface area contributed by atoms with Crippen molar-refractivity contribution in [1.29, 1.82) is 0 Å². The molecule has 0 aliphatic carbocycles. The molecule has 1 aliphatic rings. The number of aromatic amines is 1. The van der Waals surface area contributed by atoms with Crippen molar-refractivity contribution in [1.82, 2.24) is 4.98 Å². The number of nitrogens with one attached hydrogen (secondary N) is 1. The van der Waals surface area contributed by atoms with Gasteiger partial charge in [0.1, 0.15) is 0 Å². The van der Waals surface area contributed by atoms with Crippen LogP contribution in [0.4, 0.5) is 5.69 Å². The van der Waals surface area contributed by atoms with Crippen molar-refractivity contribution < 1.29 is 9.53 Å². The van der Waals surface area contributed by atoms with E-state index in [-0.39, 0.29) is 0 Å². The van der Waals surface area contributed by atoms with Crippen molar-refractivity contribution in [3.05, 3.63) is 28.4 Å². The predicted octanol–water partition coefficient (Wildman–Crippen LogP) is 2.58. The number of hydrogen-bond acceptors (Lipinski definition) is 3. The summed E-state index contributed by atoms with van der Waals surface area (Å²) >= 11 is 3.59. The number of nitrogens with zero attached hydrogens (tertiary/aromatic N) is 1. The quantitative estimate of drug-likeness (QED) is 0.867. The molecule has 0 unspecified atom stereocenters. The van der Waals surface area contributed by atoms with Gasteiger partial charge in [0, 0.05) is 28.5 Å². The lowest BCUT2D eigenvalue weighted by Crippen LogP contribution is -2.36. The zero-order valence-electron chi connectivity index (χ0n) is 9.78. The van der Waals surface area contributed by atoms with E-state index in [0.717, 1.165) is 53.7 Å². The highest BCUT2D eigenvalue weighted by molar-refractivity contribution is 9.10. The molecule has 0 saturated carbocycles. The number of aldehydes is 1. The SMILES string of the molecule is O=Cc1cc2cc(N3CCOCC3)c(Br)cc2[nH]1. The molecule has 1 saturated heterocycles. The smallest absolute Gasteiger partial charge is 0.166 e. The summed E-state index contributed by atoms with van der Waals surface area (Å²) in [6.07, 6.45) is 0.836. The summed E-state index contributed by atoms with van der Waals surface area (Å²) in [5, 5.41) is 1.06. The van der Waals surface area contributed by atoms with Crippen molar-refractivity contribution in [2.75, 3.05) is 31.2 Å². The minimum atomic E-state index is 0.607. The van der Waals surface area contributed by atoms with Gasteiger partial charge in [-0.3, -0.25) is 4.79 Å². The summed E-state index contributed by atoms with van der Waals surface area (Å²) in [7, 11) is 0. The summed E-state index contributed by atoms with van der Waals surface area (Å²) < 4.78 is 6.40. The van der Waals surface area contributed by atoms with Crippen molar-refractivity contribution in [2.24, 2.45) is 0 Å². The van der Waals surface area contributed by atoms with Crippen LogP contribution in [0.2, 0.25) is 0 Å². The lowest BCUT2D eigenvalue weighted by molar-refractivity contribution is 0.111. The number of halogens is 1. The van der Waals surface area contributed by atoms with Gasteiger partial charge in [0.15, 0.2) is 6.29 Å². The average molecular weight is 309 g/mol. The van der Waals surface area contributed by atoms with Crippen LogP contribution in [-0.2, 0) is 4.74 Å². The van der Waals surface area contributed by atoms with Gasteiger partial charge in [-0.25, -0.2) is 0 Å². The number of anilines is 1. The Morgan fingerprint density at radius 3 is 2.78 bits per heavy atom. The van der Waals surface area contributed by atoms with Crippen LogP contribution < -0.4 is 4.90 Å². The van der Waals surface area contributed by atoms with Gasteiger partial charge in [0.2, 0.25) is 0 Å². The summed E-state index contributed by atoms with van der Waals surface area (Å²) in [5.74, 6) is 0. The Bertz CT molecular complexity index is 588. The summed E-state index contributed by atoms with van der Waals surface area (Å²) in [4.78, 5) is 16.1. The van der Waals surface area contributed by atoms with Crippen LogP contribution in [-0.4, -0.2) is 37.6 Å². The fraction of sp³-hybridized carbons (Fsp3) is 0.308. The Balaban J connectivity index is 2.05. The number of rotatable bonds is 2.